The van der Waals surface area contributed by atoms with E-state index in [1.165, 1.54) is 154 Å². The molecule has 0 bridgehead atoms. The highest BCUT2D eigenvalue weighted by atomic mass is 16.2. The van der Waals surface area contributed by atoms with Gasteiger partial charge in [0.2, 0.25) is 5.91 Å². The zero-order valence-electron chi connectivity index (χ0n) is 26.3. The molecule has 1 aliphatic heterocycles. The first-order chi connectivity index (χ1) is 18.7. The maximum atomic E-state index is 13.1. The average molecular weight is 533 g/mol. The lowest BCUT2D eigenvalue weighted by Gasteiger charge is -2.26. The van der Waals surface area contributed by atoms with Gasteiger partial charge in [0.15, 0.2) is 0 Å². The Morgan fingerprint density at radius 1 is 0.684 bits per heavy atom. The second-order valence-corrected chi connectivity index (χ2v) is 13.1. The van der Waals surface area contributed by atoms with Gasteiger partial charge in [-0.1, -0.05) is 149 Å². The maximum Gasteiger partial charge on any atom is 0.237 e. The Labute approximate surface area is 239 Å². The second kappa shape index (κ2) is 22.2. The summed E-state index contributed by atoms with van der Waals surface area (Å²) in [6.07, 6.45) is 34.2. The molecule has 3 heteroatoms. The van der Waals surface area contributed by atoms with Gasteiger partial charge in [0, 0.05) is 6.04 Å². The standard InChI is InChI=1S/C35H68N2O/c1-4-7-9-11-13-17-21-26-33(36-35(38)34-28-23-29-37(34)6-3)27-22-18-14-16-20-25-32-30-31(32)24-19-15-12-10-8-5-2/h31-34H,4-30H2,1-3H3,(H,36,38)/t31-,32-,33-,34-/m1/s1. The van der Waals surface area contributed by atoms with E-state index in [4.69, 9.17) is 0 Å². The summed E-state index contributed by atoms with van der Waals surface area (Å²) in [7, 11) is 0. The van der Waals surface area contributed by atoms with Gasteiger partial charge in [0.25, 0.3) is 0 Å². The Morgan fingerprint density at radius 2 is 1.16 bits per heavy atom. The van der Waals surface area contributed by atoms with E-state index < -0.39 is 0 Å². The normalized spacial score (nSPS) is 22.1. The number of carbonyl (C=O) groups is 1. The number of unbranched alkanes of at least 4 members (excludes halogenated alkanes) is 15. The minimum Gasteiger partial charge on any atom is -0.352 e. The lowest BCUT2D eigenvalue weighted by Crippen LogP contribution is -2.46. The van der Waals surface area contributed by atoms with Crippen molar-refractivity contribution in [2.24, 2.45) is 11.8 Å². The Kier molecular flexibility index (Phi) is 19.6. The third kappa shape index (κ3) is 15.3. The third-order valence-corrected chi connectivity index (χ3v) is 9.70. The molecule has 3 nitrogen and oxygen atoms in total. The number of likely N-dealkylation sites (tertiary alicyclic amines) is 1. The van der Waals surface area contributed by atoms with Crippen molar-refractivity contribution >= 4 is 5.91 Å². The summed E-state index contributed by atoms with van der Waals surface area (Å²) in [5.74, 6) is 2.48. The lowest BCUT2D eigenvalue weighted by molar-refractivity contribution is -0.126. The molecule has 38 heavy (non-hydrogen) atoms. The monoisotopic (exact) mass is 533 g/mol. The van der Waals surface area contributed by atoms with E-state index in [0.717, 1.165) is 31.3 Å². The molecule has 0 aromatic carbocycles. The molecule has 0 aromatic heterocycles. The number of amides is 1. The van der Waals surface area contributed by atoms with Crippen molar-refractivity contribution in [3.05, 3.63) is 0 Å². The minimum absolute atomic E-state index is 0.129. The van der Waals surface area contributed by atoms with Crippen LogP contribution in [-0.2, 0) is 4.79 Å². The van der Waals surface area contributed by atoms with Crippen LogP contribution in [0.1, 0.15) is 181 Å². The molecule has 1 saturated heterocycles. The van der Waals surface area contributed by atoms with Gasteiger partial charge in [-0.2, -0.15) is 0 Å². The largest absolute Gasteiger partial charge is 0.352 e. The molecule has 4 atom stereocenters. The van der Waals surface area contributed by atoms with E-state index in [-0.39, 0.29) is 6.04 Å². The van der Waals surface area contributed by atoms with Gasteiger partial charge >= 0.3 is 0 Å². The fourth-order valence-corrected chi connectivity index (χ4v) is 6.97. The number of rotatable bonds is 26. The van der Waals surface area contributed by atoms with E-state index in [9.17, 15) is 4.79 Å². The van der Waals surface area contributed by atoms with Crippen molar-refractivity contribution in [1.82, 2.24) is 10.2 Å². The molecule has 2 fully saturated rings. The summed E-state index contributed by atoms with van der Waals surface area (Å²) in [5, 5.41) is 3.51. The molecule has 0 aromatic rings. The Hall–Kier alpha value is -0.570. The molecule has 1 aliphatic carbocycles. The van der Waals surface area contributed by atoms with Crippen LogP contribution in [0.4, 0.5) is 0 Å². The van der Waals surface area contributed by atoms with E-state index in [2.05, 4.69) is 31.0 Å². The molecule has 1 heterocycles. The number of hydrogen-bond acceptors (Lipinski definition) is 2. The van der Waals surface area contributed by atoms with Crippen LogP contribution in [0.25, 0.3) is 0 Å². The van der Waals surface area contributed by atoms with E-state index in [1.54, 1.807) is 0 Å². The van der Waals surface area contributed by atoms with Crippen LogP contribution in [0.3, 0.4) is 0 Å². The highest BCUT2D eigenvalue weighted by Gasteiger charge is 2.35. The Bertz CT molecular complexity index is 564. The van der Waals surface area contributed by atoms with Gasteiger partial charge in [-0.15, -0.1) is 0 Å². The summed E-state index contributed by atoms with van der Waals surface area (Å²) < 4.78 is 0. The first-order valence-electron chi connectivity index (χ1n) is 17.7. The van der Waals surface area contributed by atoms with Crippen molar-refractivity contribution in [2.75, 3.05) is 13.1 Å². The van der Waals surface area contributed by atoms with Crippen LogP contribution in [-0.4, -0.2) is 36.0 Å². The summed E-state index contributed by atoms with van der Waals surface area (Å²) in [4.78, 5) is 15.4. The molecule has 0 spiro atoms. The van der Waals surface area contributed by atoms with Crippen molar-refractivity contribution in [3.8, 4) is 0 Å². The molecular weight excluding hydrogens is 464 g/mol. The fraction of sp³-hybridized carbons (Fsp3) is 0.971. The van der Waals surface area contributed by atoms with Crippen LogP contribution in [0.5, 0.6) is 0 Å². The molecule has 1 N–H and O–H groups in total. The Balaban J connectivity index is 1.54. The number of likely N-dealkylation sites (N-methyl/N-ethyl adjacent to an activating group) is 1. The number of carbonyl (C=O) groups excluding carboxylic acids is 1. The van der Waals surface area contributed by atoms with Gasteiger partial charge in [0.05, 0.1) is 6.04 Å². The van der Waals surface area contributed by atoms with Crippen molar-refractivity contribution < 1.29 is 4.79 Å². The quantitative estimate of drug-likeness (QED) is 0.112. The molecule has 1 amide bonds. The molecule has 1 saturated carbocycles. The molecule has 0 unspecified atom stereocenters. The topological polar surface area (TPSA) is 32.3 Å². The first-order valence-corrected chi connectivity index (χ1v) is 17.7. The SMILES string of the molecule is CCCCCCCCC[C@H](CCCCCCC[C@@H]1C[C@H]1CCCCCCCC)NC(=O)[C@H]1CCCN1CC. The summed E-state index contributed by atoms with van der Waals surface area (Å²) >= 11 is 0. The van der Waals surface area contributed by atoms with E-state index >= 15 is 0 Å². The first kappa shape index (κ1) is 33.6. The third-order valence-electron chi connectivity index (χ3n) is 9.70. The van der Waals surface area contributed by atoms with Crippen molar-refractivity contribution in [2.45, 2.75) is 193 Å². The van der Waals surface area contributed by atoms with Crippen molar-refractivity contribution in [3.63, 3.8) is 0 Å². The van der Waals surface area contributed by atoms with Gasteiger partial charge in [-0.25, -0.2) is 0 Å². The van der Waals surface area contributed by atoms with Gasteiger partial charge in [0.1, 0.15) is 0 Å². The van der Waals surface area contributed by atoms with E-state index in [1.807, 2.05) is 0 Å². The van der Waals surface area contributed by atoms with Crippen LogP contribution in [0.15, 0.2) is 0 Å². The Morgan fingerprint density at radius 3 is 1.66 bits per heavy atom. The molecule has 0 radical (unpaired) electrons. The number of hydrogen-bond donors (Lipinski definition) is 1. The fourth-order valence-electron chi connectivity index (χ4n) is 6.97. The predicted molar refractivity (Wildman–Crippen MR) is 167 cm³/mol. The zero-order valence-corrected chi connectivity index (χ0v) is 26.3. The molecule has 2 rings (SSSR count). The van der Waals surface area contributed by atoms with E-state index in [0.29, 0.717) is 11.9 Å². The molecule has 2 aliphatic rings. The second-order valence-electron chi connectivity index (χ2n) is 13.1. The van der Waals surface area contributed by atoms with Gasteiger partial charge in [-0.3, -0.25) is 9.69 Å². The highest BCUT2D eigenvalue weighted by molar-refractivity contribution is 5.82. The zero-order chi connectivity index (χ0) is 27.3. The van der Waals surface area contributed by atoms with Crippen LogP contribution in [0.2, 0.25) is 0 Å². The highest BCUT2D eigenvalue weighted by Crippen LogP contribution is 2.45. The summed E-state index contributed by atoms with van der Waals surface area (Å²) in [5.41, 5.74) is 0. The molecular formula is C35H68N2O. The van der Waals surface area contributed by atoms with Crippen LogP contribution < -0.4 is 5.32 Å². The molecule has 224 valence electrons. The summed E-state index contributed by atoms with van der Waals surface area (Å²) in [6, 6.07) is 0.524. The lowest BCUT2D eigenvalue weighted by atomic mass is 9.99. The van der Waals surface area contributed by atoms with Gasteiger partial charge in [-0.05, 0) is 57.0 Å². The predicted octanol–water partition coefficient (Wildman–Crippen LogP) is 10.2. The maximum absolute atomic E-state index is 13.1. The average Bonchev–Trinajstić information content (AvgIpc) is 3.48. The van der Waals surface area contributed by atoms with Crippen LogP contribution in [0, 0.1) is 11.8 Å². The smallest absolute Gasteiger partial charge is 0.237 e. The van der Waals surface area contributed by atoms with Crippen molar-refractivity contribution in [1.29, 1.82) is 0 Å². The van der Waals surface area contributed by atoms with Gasteiger partial charge < -0.3 is 5.32 Å². The number of nitrogens with one attached hydrogen (secondary N) is 1. The minimum atomic E-state index is 0.129. The van der Waals surface area contributed by atoms with Crippen LogP contribution >= 0.6 is 0 Å². The number of nitrogens with zero attached hydrogens (tertiary/aromatic N) is 1. The summed E-state index contributed by atoms with van der Waals surface area (Å²) in [6.45, 7) is 8.89.